The van der Waals surface area contributed by atoms with Crippen LogP contribution in [0.15, 0.2) is 24.3 Å². The van der Waals surface area contributed by atoms with Crippen molar-refractivity contribution in [2.45, 2.75) is 38.8 Å². The minimum absolute atomic E-state index is 0.0127. The summed E-state index contributed by atoms with van der Waals surface area (Å²) in [5.74, 6) is 1.38. The second-order valence-corrected chi connectivity index (χ2v) is 6.06. The maximum Gasteiger partial charge on any atom is 0.261 e. The molecule has 0 saturated heterocycles. The standard InChI is InChI=1S/C15H20BrNO2/c1-10(2)7-12(9-16)17-15(18)14-8-11-5-3-4-6-13(11)19-14/h3-6,10,12,14H,7-9H2,1-2H3,(H,17,18). The third-order valence-corrected chi connectivity index (χ3v) is 4.01. The first-order valence-electron chi connectivity index (χ1n) is 6.71. The molecule has 2 atom stereocenters. The van der Waals surface area contributed by atoms with Gasteiger partial charge in [-0.15, -0.1) is 0 Å². The molecule has 3 nitrogen and oxygen atoms in total. The zero-order valence-electron chi connectivity index (χ0n) is 11.4. The lowest BCUT2D eigenvalue weighted by molar-refractivity contribution is -0.127. The van der Waals surface area contributed by atoms with Crippen LogP contribution in [-0.2, 0) is 11.2 Å². The number of para-hydroxylation sites is 1. The van der Waals surface area contributed by atoms with E-state index in [4.69, 9.17) is 4.74 Å². The summed E-state index contributed by atoms with van der Waals surface area (Å²) in [5, 5.41) is 3.84. The van der Waals surface area contributed by atoms with Gasteiger partial charge in [0.15, 0.2) is 6.10 Å². The predicted molar refractivity (Wildman–Crippen MR) is 79.7 cm³/mol. The molecule has 19 heavy (non-hydrogen) atoms. The fraction of sp³-hybridized carbons (Fsp3) is 0.533. The summed E-state index contributed by atoms with van der Waals surface area (Å²) in [7, 11) is 0. The summed E-state index contributed by atoms with van der Waals surface area (Å²) < 4.78 is 5.69. The van der Waals surface area contributed by atoms with Crippen LogP contribution in [0.1, 0.15) is 25.8 Å². The Labute approximate surface area is 122 Å². The quantitative estimate of drug-likeness (QED) is 0.845. The van der Waals surface area contributed by atoms with E-state index in [2.05, 4.69) is 35.1 Å². The molecule has 2 rings (SSSR count). The SMILES string of the molecule is CC(C)CC(CBr)NC(=O)C1Cc2ccccc2O1. The molecule has 0 fully saturated rings. The van der Waals surface area contributed by atoms with Gasteiger partial charge in [0.05, 0.1) is 0 Å². The van der Waals surface area contributed by atoms with Crippen LogP contribution in [-0.4, -0.2) is 23.4 Å². The lowest BCUT2D eigenvalue weighted by atomic mass is 10.0. The first-order chi connectivity index (χ1) is 9.10. The number of carbonyl (C=O) groups is 1. The molecule has 1 aliphatic heterocycles. The topological polar surface area (TPSA) is 38.3 Å². The van der Waals surface area contributed by atoms with Crippen molar-refractivity contribution >= 4 is 21.8 Å². The van der Waals surface area contributed by atoms with Crippen LogP contribution in [0.3, 0.4) is 0 Å². The smallest absolute Gasteiger partial charge is 0.261 e. The Morgan fingerprint density at radius 3 is 2.84 bits per heavy atom. The van der Waals surface area contributed by atoms with Crippen LogP contribution in [0.25, 0.3) is 0 Å². The fourth-order valence-electron chi connectivity index (χ4n) is 2.35. The molecular weight excluding hydrogens is 306 g/mol. The summed E-state index contributed by atoms with van der Waals surface area (Å²) >= 11 is 3.45. The first-order valence-corrected chi connectivity index (χ1v) is 7.83. The lowest BCUT2D eigenvalue weighted by Gasteiger charge is -2.20. The largest absolute Gasteiger partial charge is 0.480 e. The van der Waals surface area contributed by atoms with Gasteiger partial charge in [0.1, 0.15) is 5.75 Å². The number of carbonyl (C=O) groups excluding carboxylic acids is 1. The molecular formula is C15H20BrNO2. The molecule has 1 amide bonds. The third-order valence-electron chi connectivity index (χ3n) is 3.23. The van der Waals surface area contributed by atoms with Crippen molar-refractivity contribution in [3.63, 3.8) is 0 Å². The summed E-state index contributed by atoms with van der Waals surface area (Å²) in [5.41, 5.74) is 1.11. The van der Waals surface area contributed by atoms with Crippen LogP contribution in [0, 0.1) is 5.92 Å². The first kappa shape index (κ1) is 14.4. The molecule has 1 heterocycles. The molecule has 0 spiro atoms. The van der Waals surface area contributed by atoms with Gasteiger partial charge in [-0.1, -0.05) is 48.0 Å². The minimum Gasteiger partial charge on any atom is -0.480 e. The highest BCUT2D eigenvalue weighted by molar-refractivity contribution is 9.09. The van der Waals surface area contributed by atoms with E-state index >= 15 is 0 Å². The minimum atomic E-state index is -0.383. The zero-order chi connectivity index (χ0) is 13.8. The number of hydrogen-bond acceptors (Lipinski definition) is 2. The molecule has 0 aliphatic carbocycles. The average Bonchev–Trinajstić information content (AvgIpc) is 2.81. The zero-order valence-corrected chi connectivity index (χ0v) is 12.9. The molecule has 2 unspecified atom stereocenters. The van der Waals surface area contributed by atoms with Crippen LogP contribution in [0.5, 0.6) is 5.75 Å². The van der Waals surface area contributed by atoms with Gasteiger partial charge in [-0.2, -0.15) is 0 Å². The summed E-state index contributed by atoms with van der Waals surface area (Å²) in [4.78, 5) is 12.2. The monoisotopic (exact) mass is 325 g/mol. The van der Waals surface area contributed by atoms with Crippen molar-refractivity contribution in [3.05, 3.63) is 29.8 Å². The summed E-state index contributed by atoms with van der Waals surface area (Å²) in [6, 6.07) is 8.00. The highest BCUT2D eigenvalue weighted by Crippen LogP contribution is 2.28. The normalized spacial score (nSPS) is 18.8. The number of hydrogen-bond donors (Lipinski definition) is 1. The Balaban J connectivity index is 1.92. The summed E-state index contributed by atoms with van der Waals surface area (Å²) in [6.07, 6.45) is 1.25. The number of amides is 1. The van der Waals surface area contributed by atoms with Crippen LogP contribution < -0.4 is 10.1 Å². The number of nitrogens with one attached hydrogen (secondary N) is 1. The third kappa shape index (κ3) is 3.72. The van der Waals surface area contributed by atoms with Gasteiger partial charge in [-0.05, 0) is 24.0 Å². The average molecular weight is 326 g/mol. The number of ether oxygens (including phenoxy) is 1. The number of halogens is 1. The molecule has 0 aromatic heterocycles. The molecule has 1 aliphatic rings. The number of alkyl halides is 1. The highest BCUT2D eigenvalue weighted by Gasteiger charge is 2.29. The van der Waals surface area contributed by atoms with Gasteiger partial charge in [0.2, 0.25) is 0 Å². The Morgan fingerprint density at radius 1 is 1.47 bits per heavy atom. The van der Waals surface area contributed by atoms with E-state index in [-0.39, 0.29) is 18.1 Å². The lowest BCUT2D eigenvalue weighted by Crippen LogP contribution is -2.44. The van der Waals surface area contributed by atoms with Crippen LogP contribution in [0.4, 0.5) is 0 Å². The van der Waals surface area contributed by atoms with Crippen molar-refractivity contribution in [1.29, 1.82) is 0 Å². The molecule has 0 bridgehead atoms. The van der Waals surface area contributed by atoms with E-state index in [1.165, 1.54) is 0 Å². The van der Waals surface area contributed by atoms with Crippen molar-refractivity contribution in [2.75, 3.05) is 5.33 Å². The molecule has 1 N–H and O–H groups in total. The van der Waals surface area contributed by atoms with Crippen molar-refractivity contribution < 1.29 is 9.53 Å². The Bertz CT molecular complexity index is 423. The molecule has 104 valence electrons. The number of fused-ring (bicyclic) bond motifs is 1. The van der Waals surface area contributed by atoms with Gasteiger partial charge in [0, 0.05) is 17.8 Å². The predicted octanol–water partition coefficient (Wildman–Crippen LogP) is 2.92. The van der Waals surface area contributed by atoms with Gasteiger partial charge in [0.25, 0.3) is 5.91 Å². The number of rotatable bonds is 5. The highest BCUT2D eigenvalue weighted by atomic mass is 79.9. The molecule has 1 aromatic carbocycles. The molecule has 0 saturated carbocycles. The van der Waals surface area contributed by atoms with E-state index in [0.29, 0.717) is 12.3 Å². The summed E-state index contributed by atoms with van der Waals surface area (Å²) in [6.45, 7) is 4.31. The van der Waals surface area contributed by atoms with E-state index in [9.17, 15) is 4.79 Å². The second kappa shape index (κ2) is 6.42. The number of benzene rings is 1. The van der Waals surface area contributed by atoms with Gasteiger partial charge >= 0.3 is 0 Å². The van der Waals surface area contributed by atoms with Gasteiger partial charge in [-0.3, -0.25) is 4.79 Å². The maximum atomic E-state index is 12.2. The Kier molecular flexibility index (Phi) is 4.86. The van der Waals surface area contributed by atoms with Crippen molar-refractivity contribution in [1.82, 2.24) is 5.32 Å². The van der Waals surface area contributed by atoms with Gasteiger partial charge < -0.3 is 10.1 Å². The second-order valence-electron chi connectivity index (χ2n) is 5.41. The molecule has 1 aromatic rings. The fourth-order valence-corrected chi connectivity index (χ4v) is 2.78. The van der Waals surface area contributed by atoms with Crippen LogP contribution in [0.2, 0.25) is 0 Å². The maximum absolute atomic E-state index is 12.2. The molecule has 0 radical (unpaired) electrons. The van der Waals surface area contributed by atoms with Crippen molar-refractivity contribution in [3.8, 4) is 5.75 Å². The van der Waals surface area contributed by atoms with Crippen molar-refractivity contribution in [2.24, 2.45) is 5.92 Å². The van der Waals surface area contributed by atoms with E-state index < -0.39 is 0 Å². The van der Waals surface area contributed by atoms with Gasteiger partial charge in [-0.25, -0.2) is 0 Å². The van der Waals surface area contributed by atoms with Crippen LogP contribution >= 0.6 is 15.9 Å². The Hall–Kier alpha value is -1.03. The molecule has 4 heteroatoms. The Morgan fingerprint density at radius 2 is 2.21 bits per heavy atom. The van der Waals surface area contributed by atoms with E-state index in [1.54, 1.807) is 0 Å². The van der Waals surface area contributed by atoms with E-state index in [0.717, 1.165) is 23.1 Å². The van der Waals surface area contributed by atoms with E-state index in [1.807, 2.05) is 24.3 Å².